The van der Waals surface area contributed by atoms with Crippen molar-refractivity contribution >= 4 is 11.9 Å². The predicted molar refractivity (Wildman–Crippen MR) is 59.7 cm³/mol. The lowest BCUT2D eigenvalue weighted by Gasteiger charge is -2.35. The number of aliphatic imine (C=N–C) groups is 1. The van der Waals surface area contributed by atoms with E-state index in [9.17, 15) is 8.78 Å². The minimum Gasteiger partial charge on any atom is -0.260 e. The van der Waals surface area contributed by atoms with Gasteiger partial charge in [-0.1, -0.05) is 18.2 Å². The molecule has 0 atom stereocenters. The number of para-hydroxylation sites is 1. The van der Waals surface area contributed by atoms with Crippen LogP contribution in [0.5, 0.6) is 0 Å². The van der Waals surface area contributed by atoms with Crippen molar-refractivity contribution in [1.82, 2.24) is 0 Å². The van der Waals surface area contributed by atoms with Gasteiger partial charge in [0.05, 0.1) is 5.69 Å². The van der Waals surface area contributed by atoms with Crippen LogP contribution in [0.3, 0.4) is 0 Å². The molecule has 1 fully saturated rings. The Morgan fingerprint density at radius 3 is 2.44 bits per heavy atom. The summed E-state index contributed by atoms with van der Waals surface area (Å²) in [5.74, 6) is -2.48. The van der Waals surface area contributed by atoms with Crippen LogP contribution in [0.1, 0.15) is 31.2 Å². The number of alkyl halides is 2. The fraction of sp³-hybridized carbons (Fsp3) is 0.462. The molecule has 0 aromatic heterocycles. The highest BCUT2D eigenvalue weighted by atomic mass is 19.3. The van der Waals surface area contributed by atoms with Crippen LogP contribution in [0.25, 0.3) is 0 Å². The van der Waals surface area contributed by atoms with Crippen molar-refractivity contribution in [3.8, 4) is 0 Å². The first-order valence-corrected chi connectivity index (χ1v) is 5.64. The summed E-state index contributed by atoms with van der Waals surface area (Å²) in [6.45, 7) is 0. The molecule has 2 aliphatic rings. The van der Waals surface area contributed by atoms with Crippen molar-refractivity contribution < 1.29 is 8.78 Å². The lowest BCUT2D eigenvalue weighted by Crippen LogP contribution is -2.36. The lowest BCUT2D eigenvalue weighted by atomic mass is 9.70. The fourth-order valence-electron chi connectivity index (χ4n) is 2.73. The first-order valence-electron chi connectivity index (χ1n) is 5.64. The molecule has 1 heterocycles. The molecule has 1 nitrogen and oxygen atoms in total. The van der Waals surface area contributed by atoms with Crippen LogP contribution < -0.4 is 0 Å². The van der Waals surface area contributed by atoms with E-state index in [1.54, 1.807) is 0 Å². The topological polar surface area (TPSA) is 12.4 Å². The van der Waals surface area contributed by atoms with E-state index in [0.29, 0.717) is 12.8 Å². The molecule has 0 bridgehead atoms. The second-order valence-corrected chi connectivity index (χ2v) is 4.79. The summed E-state index contributed by atoms with van der Waals surface area (Å²) in [4.78, 5) is 4.35. The van der Waals surface area contributed by atoms with Gasteiger partial charge in [0.1, 0.15) is 0 Å². The number of rotatable bonds is 0. The second kappa shape index (κ2) is 3.12. The second-order valence-electron chi connectivity index (χ2n) is 4.79. The summed E-state index contributed by atoms with van der Waals surface area (Å²) in [5, 5.41) is 0. The molecule has 1 aromatic carbocycles. The molecule has 0 amide bonds. The van der Waals surface area contributed by atoms with Crippen LogP contribution in [0.4, 0.5) is 14.5 Å². The molecule has 3 heteroatoms. The maximum absolute atomic E-state index is 13.2. The third-order valence-electron chi connectivity index (χ3n) is 3.76. The fourth-order valence-corrected chi connectivity index (χ4v) is 2.73. The maximum atomic E-state index is 13.2. The summed E-state index contributed by atoms with van der Waals surface area (Å²) in [6, 6.07) is 7.87. The summed E-state index contributed by atoms with van der Waals surface area (Å²) in [7, 11) is 0. The van der Waals surface area contributed by atoms with E-state index in [2.05, 4.69) is 4.99 Å². The third-order valence-corrected chi connectivity index (χ3v) is 3.76. The largest absolute Gasteiger partial charge is 0.260 e. The Labute approximate surface area is 93.2 Å². The summed E-state index contributed by atoms with van der Waals surface area (Å²) < 4.78 is 26.3. The van der Waals surface area contributed by atoms with Gasteiger partial charge < -0.3 is 0 Å². The minimum atomic E-state index is -2.48. The van der Waals surface area contributed by atoms with Crippen molar-refractivity contribution in [1.29, 1.82) is 0 Å². The molecule has 0 radical (unpaired) electrons. The van der Waals surface area contributed by atoms with Gasteiger partial charge in [0.15, 0.2) is 0 Å². The zero-order valence-corrected chi connectivity index (χ0v) is 8.92. The van der Waals surface area contributed by atoms with E-state index in [1.165, 1.54) is 0 Å². The average molecular weight is 221 g/mol. The zero-order valence-electron chi connectivity index (χ0n) is 8.92. The van der Waals surface area contributed by atoms with E-state index in [0.717, 1.165) is 11.3 Å². The SMILES string of the molecule is FC1(F)CCC2(C=Nc3ccccc32)CC1. The molecular weight excluding hydrogens is 208 g/mol. The van der Waals surface area contributed by atoms with Gasteiger partial charge >= 0.3 is 0 Å². The molecule has 1 spiro atoms. The number of nitrogens with zero attached hydrogens (tertiary/aromatic N) is 1. The average Bonchev–Trinajstić information content (AvgIpc) is 2.64. The van der Waals surface area contributed by atoms with Crippen LogP contribution in [0.2, 0.25) is 0 Å². The normalized spacial score (nSPS) is 24.6. The molecule has 0 N–H and O–H groups in total. The standard InChI is InChI=1S/C13H13F2N/c14-13(15)7-5-12(6-8-13)9-16-11-4-2-1-3-10(11)12/h1-4,9H,5-8H2. The monoisotopic (exact) mass is 221 g/mol. The van der Waals surface area contributed by atoms with Gasteiger partial charge in [0, 0.05) is 24.5 Å². The Balaban J connectivity index is 1.96. The Bertz CT molecular complexity index is 441. The molecule has 1 aromatic rings. The van der Waals surface area contributed by atoms with E-state index < -0.39 is 5.92 Å². The molecular formula is C13H13F2N. The summed E-state index contributed by atoms with van der Waals surface area (Å²) in [5.41, 5.74) is 1.87. The van der Waals surface area contributed by atoms with Crippen LogP contribution >= 0.6 is 0 Å². The third kappa shape index (κ3) is 1.38. The van der Waals surface area contributed by atoms with E-state index in [4.69, 9.17) is 0 Å². The first kappa shape index (κ1) is 9.94. The lowest BCUT2D eigenvalue weighted by molar-refractivity contribution is -0.0432. The van der Waals surface area contributed by atoms with Gasteiger partial charge in [-0.15, -0.1) is 0 Å². The molecule has 16 heavy (non-hydrogen) atoms. The van der Waals surface area contributed by atoms with Crippen molar-refractivity contribution in [2.45, 2.75) is 37.0 Å². The zero-order chi connectivity index (χ0) is 11.2. The number of benzene rings is 1. The van der Waals surface area contributed by atoms with E-state index in [1.807, 2.05) is 30.5 Å². The minimum absolute atomic E-state index is 0.0205. The highest BCUT2D eigenvalue weighted by Gasteiger charge is 2.45. The van der Waals surface area contributed by atoms with Crippen molar-refractivity contribution in [2.75, 3.05) is 0 Å². The van der Waals surface area contributed by atoms with Gasteiger partial charge in [-0.2, -0.15) is 0 Å². The Morgan fingerprint density at radius 2 is 1.69 bits per heavy atom. The Kier molecular flexibility index (Phi) is 1.94. The predicted octanol–water partition coefficient (Wildman–Crippen LogP) is 3.85. The van der Waals surface area contributed by atoms with Crippen molar-refractivity contribution in [3.05, 3.63) is 29.8 Å². The molecule has 0 unspecified atom stereocenters. The van der Waals surface area contributed by atoms with Gasteiger partial charge in [-0.05, 0) is 24.5 Å². The van der Waals surface area contributed by atoms with E-state index >= 15 is 0 Å². The van der Waals surface area contributed by atoms with Gasteiger partial charge in [-0.25, -0.2) is 8.78 Å². The van der Waals surface area contributed by atoms with Crippen LogP contribution in [0, 0.1) is 0 Å². The summed E-state index contributed by atoms with van der Waals surface area (Å²) >= 11 is 0. The molecule has 84 valence electrons. The maximum Gasteiger partial charge on any atom is 0.248 e. The molecule has 1 saturated carbocycles. The quantitative estimate of drug-likeness (QED) is 0.631. The smallest absolute Gasteiger partial charge is 0.248 e. The molecule has 0 saturated heterocycles. The van der Waals surface area contributed by atoms with Crippen molar-refractivity contribution in [2.24, 2.45) is 4.99 Å². The van der Waals surface area contributed by atoms with Crippen LogP contribution in [0.15, 0.2) is 29.3 Å². The summed E-state index contributed by atoms with van der Waals surface area (Å²) in [6.07, 6.45) is 2.87. The number of hydrogen-bond donors (Lipinski definition) is 0. The number of halogens is 2. The number of hydrogen-bond acceptors (Lipinski definition) is 1. The molecule has 3 rings (SSSR count). The number of fused-ring (bicyclic) bond motifs is 2. The van der Waals surface area contributed by atoms with Gasteiger partial charge in [0.2, 0.25) is 5.92 Å². The van der Waals surface area contributed by atoms with Crippen molar-refractivity contribution in [3.63, 3.8) is 0 Å². The molecule has 1 aliphatic carbocycles. The Hall–Kier alpha value is -1.25. The van der Waals surface area contributed by atoms with E-state index in [-0.39, 0.29) is 18.3 Å². The van der Waals surface area contributed by atoms with Gasteiger partial charge in [0.25, 0.3) is 0 Å². The highest BCUT2D eigenvalue weighted by molar-refractivity contribution is 5.85. The van der Waals surface area contributed by atoms with Gasteiger partial charge in [-0.3, -0.25) is 4.99 Å². The highest BCUT2D eigenvalue weighted by Crippen LogP contribution is 2.49. The molecule has 1 aliphatic heterocycles. The first-order chi connectivity index (χ1) is 7.61. The van der Waals surface area contributed by atoms with Crippen LogP contribution in [-0.2, 0) is 5.41 Å². The van der Waals surface area contributed by atoms with Crippen LogP contribution in [-0.4, -0.2) is 12.1 Å². The Morgan fingerprint density at radius 1 is 1.00 bits per heavy atom.